The number of amides is 2. The van der Waals surface area contributed by atoms with Gasteiger partial charge in [-0.25, -0.2) is 0 Å². The molecule has 1 rings (SSSR count). The van der Waals surface area contributed by atoms with Crippen molar-refractivity contribution in [1.82, 2.24) is 4.90 Å². The Morgan fingerprint density at radius 2 is 1.92 bits per heavy atom. The van der Waals surface area contributed by atoms with Gasteiger partial charge in [-0.15, -0.1) is 0 Å². The summed E-state index contributed by atoms with van der Waals surface area (Å²) in [5.74, 6) is -0.0735. The first kappa shape index (κ1) is 10.2. The summed E-state index contributed by atoms with van der Waals surface area (Å²) in [6.07, 6.45) is 2.27. The topological polar surface area (TPSA) is 63.4 Å². The fourth-order valence-corrected chi connectivity index (χ4v) is 1.71. The van der Waals surface area contributed by atoms with Crippen molar-refractivity contribution in [2.45, 2.75) is 38.6 Å². The average Bonchev–Trinajstić information content (AvgIpc) is 2.43. The summed E-state index contributed by atoms with van der Waals surface area (Å²) in [4.78, 5) is 24.0. The lowest BCUT2D eigenvalue weighted by molar-refractivity contribution is -0.141. The zero-order valence-electron chi connectivity index (χ0n) is 7.95. The molecule has 0 aromatic rings. The Kier molecular flexibility index (Phi) is 3.42. The number of nitrogens with two attached hydrogens (primary N) is 1. The van der Waals surface area contributed by atoms with E-state index in [2.05, 4.69) is 0 Å². The second kappa shape index (κ2) is 4.37. The molecule has 1 saturated heterocycles. The standard InChI is InChI=1S/C9H16N2O2/c1-2-7(5-6-10)11-8(12)3-4-9(11)13/h7H,2-6,10H2,1H3. The number of hydrogen-bond donors (Lipinski definition) is 1. The van der Waals surface area contributed by atoms with Crippen LogP contribution in [0.3, 0.4) is 0 Å². The van der Waals surface area contributed by atoms with Crippen LogP contribution in [0.1, 0.15) is 32.6 Å². The van der Waals surface area contributed by atoms with E-state index in [1.54, 1.807) is 0 Å². The number of nitrogens with zero attached hydrogens (tertiary/aromatic N) is 1. The molecule has 0 bridgehead atoms. The van der Waals surface area contributed by atoms with Crippen LogP contribution in [-0.4, -0.2) is 29.3 Å². The Morgan fingerprint density at radius 1 is 1.38 bits per heavy atom. The van der Waals surface area contributed by atoms with Crippen LogP contribution < -0.4 is 5.73 Å². The van der Waals surface area contributed by atoms with Crippen LogP contribution in [-0.2, 0) is 9.59 Å². The van der Waals surface area contributed by atoms with E-state index in [0.717, 1.165) is 6.42 Å². The van der Waals surface area contributed by atoms with Gasteiger partial charge < -0.3 is 5.73 Å². The third-order valence-corrected chi connectivity index (χ3v) is 2.43. The van der Waals surface area contributed by atoms with Gasteiger partial charge in [-0.2, -0.15) is 0 Å². The average molecular weight is 184 g/mol. The molecule has 0 radical (unpaired) electrons. The van der Waals surface area contributed by atoms with Crippen molar-refractivity contribution in [3.8, 4) is 0 Å². The van der Waals surface area contributed by atoms with E-state index in [0.29, 0.717) is 25.8 Å². The Hall–Kier alpha value is -0.900. The summed E-state index contributed by atoms with van der Waals surface area (Å²) in [6.45, 7) is 2.49. The van der Waals surface area contributed by atoms with E-state index < -0.39 is 0 Å². The van der Waals surface area contributed by atoms with Gasteiger partial charge in [-0.1, -0.05) is 6.92 Å². The van der Waals surface area contributed by atoms with Crippen molar-refractivity contribution in [3.63, 3.8) is 0 Å². The molecule has 4 heteroatoms. The summed E-state index contributed by atoms with van der Waals surface area (Å²) in [7, 11) is 0. The zero-order valence-corrected chi connectivity index (χ0v) is 7.95. The first-order valence-electron chi connectivity index (χ1n) is 4.75. The Labute approximate surface area is 78.1 Å². The Balaban J connectivity index is 2.65. The van der Waals surface area contributed by atoms with Gasteiger partial charge in [-0.3, -0.25) is 14.5 Å². The molecule has 1 aliphatic rings. The highest BCUT2D eigenvalue weighted by molar-refractivity contribution is 6.02. The fraction of sp³-hybridized carbons (Fsp3) is 0.778. The first-order valence-corrected chi connectivity index (χ1v) is 4.75. The van der Waals surface area contributed by atoms with Crippen molar-refractivity contribution in [3.05, 3.63) is 0 Å². The van der Waals surface area contributed by atoms with E-state index in [-0.39, 0.29) is 17.9 Å². The Morgan fingerprint density at radius 3 is 2.31 bits per heavy atom. The fourth-order valence-electron chi connectivity index (χ4n) is 1.71. The van der Waals surface area contributed by atoms with Crippen LogP contribution in [0.25, 0.3) is 0 Å². The SMILES string of the molecule is CCC(CCN)N1C(=O)CCC1=O. The maximum absolute atomic E-state index is 11.3. The number of rotatable bonds is 4. The summed E-state index contributed by atoms with van der Waals surface area (Å²) in [5, 5.41) is 0. The van der Waals surface area contributed by atoms with Crippen molar-refractivity contribution in [2.24, 2.45) is 5.73 Å². The summed E-state index contributed by atoms with van der Waals surface area (Å²) in [5.41, 5.74) is 5.41. The van der Waals surface area contributed by atoms with Gasteiger partial charge in [0.2, 0.25) is 11.8 Å². The maximum Gasteiger partial charge on any atom is 0.229 e. The molecular formula is C9H16N2O2. The first-order chi connectivity index (χ1) is 6.20. The molecule has 1 heterocycles. The predicted molar refractivity (Wildman–Crippen MR) is 48.8 cm³/mol. The molecule has 1 atom stereocenters. The third-order valence-electron chi connectivity index (χ3n) is 2.43. The van der Waals surface area contributed by atoms with Crippen molar-refractivity contribution >= 4 is 11.8 Å². The molecule has 0 aliphatic carbocycles. The molecule has 1 aliphatic heterocycles. The number of imide groups is 1. The minimum Gasteiger partial charge on any atom is -0.330 e. The van der Waals surface area contributed by atoms with E-state index in [1.165, 1.54) is 4.90 Å². The van der Waals surface area contributed by atoms with Gasteiger partial charge in [0.25, 0.3) is 0 Å². The van der Waals surface area contributed by atoms with E-state index in [9.17, 15) is 9.59 Å². The number of carbonyl (C=O) groups is 2. The molecule has 2 N–H and O–H groups in total. The summed E-state index contributed by atoms with van der Waals surface area (Å²) in [6, 6.07) is 0.0208. The monoisotopic (exact) mass is 184 g/mol. The lowest BCUT2D eigenvalue weighted by Crippen LogP contribution is -2.40. The van der Waals surface area contributed by atoms with Crippen LogP contribution in [0.5, 0.6) is 0 Å². The summed E-state index contributed by atoms with van der Waals surface area (Å²) < 4.78 is 0. The van der Waals surface area contributed by atoms with Gasteiger partial charge in [0.1, 0.15) is 0 Å². The second-order valence-electron chi connectivity index (χ2n) is 3.30. The van der Waals surface area contributed by atoms with Crippen LogP contribution in [0.4, 0.5) is 0 Å². The highest BCUT2D eigenvalue weighted by atomic mass is 16.2. The van der Waals surface area contributed by atoms with Gasteiger partial charge in [0.15, 0.2) is 0 Å². The molecule has 2 amide bonds. The van der Waals surface area contributed by atoms with Crippen LogP contribution in [0.15, 0.2) is 0 Å². The molecule has 0 aromatic heterocycles. The quantitative estimate of drug-likeness (QED) is 0.637. The lowest BCUT2D eigenvalue weighted by atomic mass is 10.1. The van der Waals surface area contributed by atoms with Gasteiger partial charge >= 0.3 is 0 Å². The number of likely N-dealkylation sites (tertiary alicyclic amines) is 1. The molecule has 13 heavy (non-hydrogen) atoms. The van der Waals surface area contributed by atoms with Gasteiger partial charge in [-0.05, 0) is 19.4 Å². The molecule has 74 valence electrons. The second-order valence-corrected chi connectivity index (χ2v) is 3.30. The number of hydrogen-bond acceptors (Lipinski definition) is 3. The normalized spacial score (nSPS) is 19.7. The van der Waals surface area contributed by atoms with Gasteiger partial charge in [0, 0.05) is 18.9 Å². The predicted octanol–water partition coefficient (Wildman–Crippen LogP) is 0.263. The third kappa shape index (κ3) is 2.06. The summed E-state index contributed by atoms with van der Waals surface area (Å²) >= 11 is 0. The largest absolute Gasteiger partial charge is 0.330 e. The molecular weight excluding hydrogens is 168 g/mol. The van der Waals surface area contributed by atoms with Crippen LogP contribution in [0.2, 0.25) is 0 Å². The molecule has 0 aromatic carbocycles. The minimum absolute atomic E-state index is 0.0208. The Bertz CT molecular complexity index is 200. The maximum atomic E-state index is 11.3. The molecule has 1 unspecified atom stereocenters. The van der Waals surface area contributed by atoms with Crippen LogP contribution in [0, 0.1) is 0 Å². The highest BCUT2D eigenvalue weighted by Gasteiger charge is 2.33. The van der Waals surface area contributed by atoms with Crippen molar-refractivity contribution in [2.75, 3.05) is 6.54 Å². The van der Waals surface area contributed by atoms with Crippen molar-refractivity contribution in [1.29, 1.82) is 0 Å². The molecule has 4 nitrogen and oxygen atoms in total. The number of carbonyl (C=O) groups excluding carboxylic acids is 2. The molecule has 0 spiro atoms. The van der Waals surface area contributed by atoms with E-state index in [1.807, 2.05) is 6.92 Å². The molecule has 1 fully saturated rings. The zero-order chi connectivity index (χ0) is 9.84. The minimum atomic E-state index is -0.0368. The smallest absolute Gasteiger partial charge is 0.229 e. The van der Waals surface area contributed by atoms with Gasteiger partial charge in [0.05, 0.1) is 0 Å². The molecule has 0 saturated carbocycles. The lowest BCUT2D eigenvalue weighted by Gasteiger charge is -2.24. The van der Waals surface area contributed by atoms with Crippen LogP contribution >= 0.6 is 0 Å². The highest BCUT2D eigenvalue weighted by Crippen LogP contribution is 2.18. The van der Waals surface area contributed by atoms with E-state index in [4.69, 9.17) is 5.73 Å². The van der Waals surface area contributed by atoms with Crippen molar-refractivity contribution < 1.29 is 9.59 Å². The van der Waals surface area contributed by atoms with E-state index >= 15 is 0 Å².